The van der Waals surface area contributed by atoms with Crippen molar-refractivity contribution in [3.05, 3.63) is 17.8 Å². The average molecular weight is 430 g/mol. The van der Waals surface area contributed by atoms with Crippen molar-refractivity contribution < 1.29 is 16.8 Å². The van der Waals surface area contributed by atoms with Gasteiger partial charge in [-0.1, -0.05) is 19.8 Å². The second-order valence-electron chi connectivity index (χ2n) is 8.17. The molecule has 158 valence electrons. The van der Waals surface area contributed by atoms with Crippen molar-refractivity contribution in [2.24, 2.45) is 11.8 Å². The number of aryl methyl sites for hydroxylation is 1. The van der Waals surface area contributed by atoms with Crippen LogP contribution in [0.5, 0.6) is 0 Å². The highest BCUT2D eigenvalue weighted by Crippen LogP contribution is 2.31. The van der Waals surface area contributed by atoms with Gasteiger partial charge < -0.3 is 5.32 Å². The molecule has 2 unspecified atom stereocenters. The number of pyridine rings is 1. The van der Waals surface area contributed by atoms with Gasteiger partial charge in [-0.05, 0) is 49.7 Å². The first-order valence-corrected chi connectivity index (χ1v) is 13.4. The zero-order chi connectivity index (χ0) is 20.4. The Bertz CT molecular complexity index is 900. The Morgan fingerprint density at radius 3 is 2.75 bits per heavy atom. The predicted molar refractivity (Wildman–Crippen MR) is 111 cm³/mol. The number of anilines is 1. The van der Waals surface area contributed by atoms with Crippen molar-refractivity contribution in [1.29, 1.82) is 0 Å². The van der Waals surface area contributed by atoms with Crippen LogP contribution in [0, 0.1) is 18.8 Å². The molecule has 1 aromatic rings. The van der Waals surface area contributed by atoms with Crippen LogP contribution in [0.1, 0.15) is 44.6 Å². The van der Waals surface area contributed by atoms with Gasteiger partial charge in [0.2, 0.25) is 10.0 Å². The van der Waals surface area contributed by atoms with E-state index in [2.05, 4.69) is 17.2 Å². The first kappa shape index (κ1) is 21.5. The highest BCUT2D eigenvalue weighted by molar-refractivity contribution is 7.91. The molecule has 0 aromatic carbocycles. The summed E-state index contributed by atoms with van der Waals surface area (Å²) in [5, 5.41) is 3.11. The topological polar surface area (TPSA) is 96.4 Å². The summed E-state index contributed by atoms with van der Waals surface area (Å²) >= 11 is 0. The lowest BCUT2D eigenvalue weighted by molar-refractivity contribution is 0.439. The molecule has 3 rings (SSSR count). The molecule has 2 saturated heterocycles. The number of sulfone groups is 1. The van der Waals surface area contributed by atoms with Gasteiger partial charge >= 0.3 is 0 Å². The molecule has 7 nitrogen and oxygen atoms in total. The molecule has 2 aliphatic heterocycles. The summed E-state index contributed by atoms with van der Waals surface area (Å²) in [5.41, 5.74) is 0.786. The van der Waals surface area contributed by atoms with Crippen molar-refractivity contribution >= 4 is 25.7 Å². The molecule has 0 radical (unpaired) electrons. The van der Waals surface area contributed by atoms with E-state index in [1.165, 1.54) is 0 Å². The molecule has 0 bridgehead atoms. The van der Waals surface area contributed by atoms with Gasteiger partial charge in [-0.3, -0.25) is 0 Å². The van der Waals surface area contributed by atoms with Gasteiger partial charge in [0.05, 0.1) is 11.5 Å². The fraction of sp³-hybridized carbons (Fsp3) is 0.737. The third kappa shape index (κ3) is 5.04. The molecule has 2 aliphatic rings. The maximum atomic E-state index is 13.3. The third-order valence-corrected chi connectivity index (χ3v) is 9.42. The van der Waals surface area contributed by atoms with E-state index in [-0.39, 0.29) is 22.3 Å². The normalized spacial score (nSPS) is 25.2. The first-order chi connectivity index (χ1) is 13.2. The number of sulfonamides is 1. The molecule has 1 aromatic heterocycles. The number of unbranched alkanes of at least 4 members (excludes halogenated alkanes) is 1. The standard InChI is InChI=1S/C19H31N3O4S2/c1-3-4-5-16-6-8-22(13-16)28(25,26)18-10-15(2)11-20-19(18)21-12-17-7-9-27(23,24)14-17/h10-11,16-17H,3-9,12-14H2,1-2H3,(H,20,21). The zero-order valence-electron chi connectivity index (χ0n) is 16.7. The van der Waals surface area contributed by atoms with Crippen LogP contribution < -0.4 is 5.32 Å². The minimum Gasteiger partial charge on any atom is -0.369 e. The molecule has 2 atom stereocenters. The van der Waals surface area contributed by atoms with Crippen LogP contribution in [0.4, 0.5) is 5.82 Å². The van der Waals surface area contributed by atoms with Crippen LogP contribution >= 0.6 is 0 Å². The maximum absolute atomic E-state index is 13.3. The lowest BCUT2D eigenvalue weighted by atomic mass is 10.0. The monoisotopic (exact) mass is 429 g/mol. The molecular weight excluding hydrogens is 398 g/mol. The minimum absolute atomic E-state index is 0.00568. The molecule has 9 heteroatoms. The molecule has 0 spiro atoms. The van der Waals surface area contributed by atoms with Gasteiger partial charge in [0.25, 0.3) is 0 Å². The smallest absolute Gasteiger partial charge is 0.246 e. The summed E-state index contributed by atoms with van der Waals surface area (Å²) in [5.74, 6) is 1.10. The Morgan fingerprint density at radius 1 is 1.29 bits per heavy atom. The van der Waals surface area contributed by atoms with Crippen molar-refractivity contribution in [1.82, 2.24) is 9.29 Å². The number of nitrogens with one attached hydrogen (secondary N) is 1. The minimum atomic E-state index is -3.63. The number of aromatic nitrogens is 1. The van der Waals surface area contributed by atoms with Gasteiger partial charge in [-0.25, -0.2) is 21.8 Å². The average Bonchev–Trinajstić information content (AvgIpc) is 3.25. The number of rotatable bonds is 8. The molecule has 0 aliphatic carbocycles. The van der Waals surface area contributed by atoms with Crippen LogP contribution in [0.3, 0.4) is 0 Å². The van der Waals surface area contributed by atoms with E-state index in [4.69, 9.17) is 0 Å². The summed E-state index contributed by atoms with van der Waals surface area (Å²) in [6.45, 7) is 5.50. The van der Waals surface area contributed by atoms with Gasteiger partial charge in [0, 0.05) is 25.8 Å². The Hall–Kier alpha value is -1.19. The van der Waals surface area contributed by atoms with Gasteiger partial charge in [-0.2, -0.15) is 4.31 Å². The molecule has 2 fully saturated rings. The highest BCUT2D eigenvalue weighted by Gasteiger charge is 2.34. The second kappa shape index (κ2) is 8.67. The number of nitrogens with zero attached hydrogens (tertiary/aromatic N) is 2. The van der Waals surface area contributed by atoms with Crippen LogP contribution in [0.25, 0.3) is 0 Å². The fourth-order valence-electron chi connectivity index (χ4n) is 4.03. The Morgan fingerprint density at radius 2 is 2.07 bits per heavy atom. The molecule has 0 saturated carbocycles. The lowest BCUT2D eigenvalue weighted by Gasteiger charge is -2.20. The van der Waals surface area contributed by atoms with E-state index in [0.717, 1.165) is 31.2 Å². The predicted octanol–water partition coefficient (Wildman–Crippen LogP) is 2.44. The Balaban J connectivity index is 1.74. The quantitative estimate of drug-likeness (QED) is 0.682. The van der Waals surface area contributed by atoms with Gasteiger partial charge in [0.15, 0.2) is 9.84 Å². The summed E-state index contributed by atoms with van der Waals surface area (Å²) in [6.07, 6.45) is 6.46. The zero-order valence-corrected chi connectivity index (χ0v) is 18.4. The second-order valence-corrected chi connectivity index (χ2v) is 12.3. The summed E-state index contributed by atoms with van der Waals surface area (Å²) in [7, 11) is -6.59. The molecule has 1 N–H and O–H groups in total. The van der Waals surface area contributed by atoms with Crippen molar-refractivity contribution in [2.45, 2.75) is 50.8 Å². The van der Waals surface area contributed by atoms with E-state index in [1.807, 2.05) is 6.92 Å². The maximum Gasteiger partial charge on any atom is 0.246 e. The first-order valence-electron chi connectivity index (χ1n) is 10.1. The number of hydrogen-bond donors (Lipinski definition) is 1. The van der Waals surface area contributed by atoms with E-state index >= 15 is 0 Å². The van der Waals surface area contributed by atoms with Crippen LogP contribution in [0.15, 0.2) is 17.2 Å². The van der Waals surface area contributed by atoms with E-state index in [1.54, 1.807) is 16.6 Å². The molecule has 28 heavy (non-hydrogen) atoms. The Kier molecular flexibility index (Phi) is 6.66. The van der Waals surface area contributed by atoms with Gasteiger partial charge in [0.1, 0.15) is 10.7 Å². The van der Waals surface area contributed by atoms with Crippen molar-refractivity contribution in [3.8, 4) is 0 Å². The molecule has 3 heterocycles. The molecular formula is C19H31N3O4S2. The van der Waals surface area contributed by atoms with Crippen LogP contribution in [-0.2, 0) is 19.9 Å². The summed E-state index contributed by atoms with van der Waals surface area (Å²) in [4.78, 5) is 4.51. The molecule has 0 amide bonds. The lowest BCUT2D eigenvalue weighted by Crippen LogP contribution is -2.30. The summed E-state index contributed by atoms with van der Waals surface area (Å²) in [6, 6.07) is 1.66. The van der Waals surface area contributed by atoms with E-state index in [9.17, 15) is 16.8 Å². The van der Waals surface area contributed by atoms with E-state index in [0.29, 0.717) is 37.8 Å². The van der Waals surface area contributed by atoms with Gasteiger partial charge in [-0.15, -0.1) is 0 Å². The van der Waals surface area contributed by atoms with Crippen molar-refractivity contribution in [3.63, 3.8) is 0 Å². The van der Waals surface area contributed by atoms with E-state index < -0.39 is 19.9 Å². The van der Waals surface area contributed by atoms with Crippen molar-refractivity contribution in [2.75, 3.05) is 36.5 Å². The fourth-order valence-corrected chi connectivity index (χ4v) is 7.63. The Labute approximate surface area is 168 Å². The summed E-state index contributed by atoms with van der Waals surface area (Å²) < 4.78 is 51.4. The third-order valence-electron chi connectivity index (χ3n) is 5.71. The number of hydrogen-bond acceptors (Lipinski definition) is 6. The largest absolute Gasteiger partial charge is 0.369 e. The SMILES string of the molecule is CCCCC1CCN(S(=O)(=O)c2cc(C)cnc2NCC2CCS(=O)(=O)C2)C1. The highest BCUT2D eigenvalue weighted by atomic mass is 32.2. The van der Waals surface area contributed by atoms with Crippen LogP contribution in [-0.4, -0.2) is 57.3 Å². The van der Waals surface area contributed by atoms with Crippen LogP contribution in [0.2, 0.25) is 0 Å².